The molecule has 144 valence electrons. The molecule has 1 heterocycles. The number of terminal acetylenes is 1. The van der Waals surface area contributed by atoms with Crippen molar-refractivity contribution in [2.45, 2.75) is 71.2 Å². The monoisotopic (exact) mass is 358 g/mol. The first kappa shape index (κ1) is 22.4. The highest BCUT2D eigenvalue weighted by Crippen LogP contribution is 2.22. The summed E-state index contributed by atoms with van der Waals surface area (Å²) in [4.78, 5) is 0. The number of aliphatic hydroxyl groups excluding tert-OH is 1. The molecule has 1 fully saturated rings. The van der Waals surface area contributed by atoms with Crippen LogP contribution in [0.2, 0.25) is 0 Å². The van der Waals surface area contributed by atoms with E-state index in [2.05, 4.69) is 31.1 Å². The largest absolute Gasteiger partial charge is 0.393 e. The Kier molecular flexibility index (Phi) is 12.6. The topological polar surface area (TPSA) is 38.7 Å². The Balaban J connectivity index is 0.000000273. The second-order valence-corrected chi connectivity index (χ2v) is 6.72. The average molecular weight is 359 g/mol. The van der Waals surface area contributed by atoms with Gasteiger partial charge in [-0.3, -0.25) is 0 Å². The molecule has 0 bridgehead atoms. The lowest BCUT2D eigenvalue weighted by Crippen LogP contribution is -2.13. The second kappa shape index (κ2) is 14.6. The molecule has 0 aliphatic carbocycles. The zero-order valence-electron chi connectivity index (χ0n) is 16.3. The van der Waals surface area contributed by atoms with E-state index in [1.54, 1.807) is 6.92 Å². The van der Waals surface area contributed by atoms with Crippen molar-refractivity contribution in [3.8, 4) is 12.3 Å². The average Bonchev–Trinajstić information content (AvgIpc) is 3.07. The molecule has 2 atom stereocenters. The van der Waals surface area contributed by atoms with E-state index in [0.29, 0.717) is 0 Å². The third-order valence-corrected chi connectivity index (χ3v) is 4.02. The minimum Gasteiger partial charge on any atom is -0.393 e. The van der Waals surface area contributed by atoms with Crippen molar-refractivity contribution >= 4 is 0 Å². The normalized spacial score (nSPS) is 18.8. The Morgan fingerprint density at radius 3 is 2.81 bits per heavy atom. The Hall–Kier alpha value is -1.60. The Morgan fingerprint density at radius 1 is 1.38 bits per heavy atom. The van der Waals surface area contributed by atoms with E-state index in [1.807, 2.05) is 18.2 Å². The number of benzene rings is 1. The molecule has 1 saturated heterocycles. The summed E-state index contributed by atoms with van der Waals surface area (Å²) in [5.41, 5.74) is 2.61. The van der Waals surface area contributed by atoms with Gasteiger partial charge in [0.15, 0.2) is 0 Å². The van der Waals surface area contributed by atoms with Gasteiger partial charge in [-0.05, 0) is 50.2 Å². The summed E-state index contributed by atoms with van der Waals surface area (Å²) in [5.74, 6) is 2.63. The fraction of sp³-hybridized carbons (Fsp3) is 0.565. The molecule has 1 N–H and O–H groups in total. The van der Waals surface area contributed by atoms with Gasteiger partial charge in [-0.25, -0.2) is 0 Å². The maximum atomic E-state index is 9.22. The standard InChI is InChI=1S/C13H20O2.C10H14O/c1-3-4-5-6-7-12-9-13(15-10-12)8-11(2)14;1-2-8-11-9-10-6-4-3-5-7-10/h1,7,11,13-14H,4-6,8-10H2,2H3;3-7H,2,8-9H2,1H3/b12-7+;/t11-,13?;/m0./s1. The lowest BCUT2D eigenvalue weighted by Gasteiger charge is -2.09. The number of hydrogen-bond donors (Lipinski definition) is 1. The summed E-state index contributed by atoms with van der Waals surface area (Å²) in [7, 11) is 0. The number of unbranched alkanes of at least 4 members (excludes halogenated alkanes) is 2. The van der Waals surface area contributed by atoms with E-state index in [-0.39, 0.29) is 12.2 Å². The fourth-order valence-corrected chi connectivity index (χ4v) is 2.73. The van der Waals surface area contributed by atoms with Gasteiger partial charge in [0.05, 0.1) is 25.4 Å². The van der Waals surface area contributed by atoms with Gasteiger partial charge in [0.2, 0.25) is 0 Å². The number of ether oxygens (including phenoxy) is 2. The predicted octanol–water partition coefficient (Wildman–Crippen LogP) is 4.89. The van der Waals surface area contributed by atoms with Crippen molar-refractivity contribution in [3.05, 3.63) is 47.5 Å². The van der Waals surface area contributed by atoms with Crippen LogP contribution < -0.4 is 0 Å². The number of rotatable bonds is 9. The van der Waals surface area contributed by atoms with Crippen LogP contribution in [0, 0.1) is 12.3 Å². The third-order valence-electron chi connectivity index (χ3n) is 4.02. The molecule has 2 rings (SSSR count). The summed E-state index contributed by atoms with van der Waals surface area (Å²) in [6, 6.07) is 10.2. The highest BCUT2D eigenvalue weighted by molar-refractivity contribution is 5.13. The highest BCUT2D eigenvalue weighted by Gasteiger charge is 2.20. The Bertz CT molecular complexity index is 528. The van der Waals surface area contributed by atoms with Crippen LogP contribution in [0.5, 0.6) is 0 Å². The molecule has 3 heteroatoms. The predicted molar refractivity (Wildman–Crippen MR) is 108 cm³/mol. The van der Waals surface area contributed by atoms with Crippen LogP contribution in [0.1, 0.15) is 57.9 Å². The van der Waals surface area contributed by atoms with Crippen LogP contribution >= 0.6 is 0 Å². The highest BCUT2D eigenvalue weighted by atomic mass is 16.5. The van der Waals surface area contributed by atoms with E-state index in [1.165, 1.54) is 11.1 Å². The molecule has 0 saturated carbocycles. The van der Waals surface area contributed by atoms with Crippen LogP contribution in [0.4, 0.5) is 0 Å². The summed E-state index contributed by atoms with van der Waals surface area (Å²) >= 11 is 0. The minimum absolute atomic E-state index is 0.212. The maximum absolute atomic E-state index is 9.22. The fourth-order valence-electron chi connectivity index (χ4n) is 2.73. The van der Waals surface area contributed by atoms with E-state index < -0.39 is 0 Å². The number of allylic oxidation sites excluding steroid dienone is 1. The minimum atomic E-state index is -0.268. The molecule has 3 nitrogen and oxygen atoms in total. The zero-order chi connectivity index (χ0) is 19.0. The van der Waals surface area contributed by atoms with Gasteiger partial charge in [0.1, 0.15) is 0 Å². The number of hydrogen-bond acceptors (Lipinski definition) is 3. The van der Waals surface area contributed by atoms with Crippen molar-refractivity contribution < 1.29 is 14.6 Å². The molecular weight excluding hydrogens is 324 g/mol. The molecule has 0 amide bonds. The molecule has 1 aromatic carbocycles. The van der Waals surface area contributed by atoms with Gasteiger partial charge < -0.3 is 14.6 Å². The maximum Gasteiger partial charge on any atom is 0.0716 e. The van der Waals surface area contributed by atoms with Crippen molar-refractivity contribution in [2.24, 2.45) is 0 Å². The van der Waals surface area contributed by atoms with Gasteiger partial charge in [0.25, 0.3) is 0 Å². The molecule has 1 aliphatic rings. The van der Waals surface area contributed by atoms with E-state index in [0.717, 1.165) is 58.3 Å². The molecule has 0 radical (unpaired) electrons. The van der Waals surface area contributed by atoms with Crippen molar-refractivity contribution in [2.75, 3.05) is 13.2 Å². The summed E-state index contributed by atoms with van der Waals surface area (Å²) < 4.78 is 10.9. The first-order chi connectivity index (χ1) is 12.7. The van der Waals surface area contributed by atoms with Gasteiger partial charge in [-0.2, -0.15) is 0 Å². The second-order valence-electron chi connectivity index (χ2n) is 6.72. The van der Waals surface area contributed by atoms with E-state index >= 15 is 0 Å². The Labute approximate surface area is 159 Å². The van der Waals surface area contributed by atoms with Gasteiger partial charge in [0, 0.05) is 13.0 Å². The first-order valence-corrected chi connectivity index (χ1v) is 9.68. The molecule has 1 aromatic rings. The molecule has 1 unspecified atom stereocenters. The quantitative estimate of drug-likeness (QED) is 0.388. The van der Waals surface area contributed by atoms with Crippen molar-refractivity contribution in [1.29, 1.82) is 0 Å². The molecule has 26 heavy (non-hydrogen) atoms. The Morgan fingerprint density at radius 2 is 2.15 bits per heavy atom. The first-order valence-electron chi connectivity index (χ1n) is 9.68. The van der Waals surface area contributed by atoms with Crippen molar-refractivity contribution in [3.63, 3.8) is 0 Å². The summed E-state index contributed by atoms with van der Waals surface area (Å²) in [6.07, 6.45) is 13.1. The molecule has 1 aliphatic heterocycles. The smallest absolute Gasteiger partial charge is 0.0716 e. The van der Waals surface area contributed by atoms with Gasteiger partial charge >= 0.3 is 0 Å². The van der Waals surface area contributed by atoms with Gasteiger partial charge in [-0.1, -0.05) is 43.3 Å². The van der Waals surface area contributed by atoms with Crippen LogP contribution in [-0.2, 0) is 16.1 Å². The van der Waals surface area contributed by atoms with E-state index in [9.17, 15) is 5.11 Å². The lowest BCUT2D eigenvalue weighted by molar-refractivity contribution is 0.0616. The van der Waals surface area contributed by atoms with E-state index in [4.69, 9.17) is 15.9 Å². The number of aliphatic hydroxyl groups is 1. The van der Waals surface area contributed by atoms with Crippen LogP contribution in [0.3, 0.4) is 0 Å². The zero-order valence-corrected chi connectivity index (χ0v) is 16.3. The third kappa shape index (κ3) is 11.1. The van der Waals surface area contributed by atoms with Gasteiger partial charge in [-0.15, -0.1) is 12.3 Å². The van der Waals surface area contributed by atoms with Crippen LogP contribution in [0.25, 0.3) is 0 Å². The summed E-state index contributed by atoms with van der Waals surface area (Å²) in [6.45, 7) is 6.25. The molecule has 0 aromatic heterocycles. The molecular formula is C23H34O3. The summed E-state index contributed by atoms with van der Waals surface area (Å²) in [5, 5.41) is 9.22. The van der Waals surface area contributed by atoms with Crippen molar-refractivity contribution in [1.82, 2.24) is 0 Å². The van der Waals surface area contributed by atoms with Crippen LogP contribution in [-0.4, -0.2) is 30.5 Å². The SMILES string of the molecule is C#CCCC/C=C1/COC(C[C@H](C)O)C1.CCCOCc1ccccc1. The van der Waals surface area contributed by atoms with Crippen LogP contribution in [0.15, 0.2) is 42.0 Å². The lowest BCUT2D eigenvalue weighted by atomic mass is 10.1. The molecule has 0 spiro atoms.